The highest BCUT2D eigenvalue weighted by Crippen LogP contribution is 2.26. The number of hydrogen-bond donors (Lipinski definition) is 2. The minimum Gasteiger partial charge on any atom is -0.350 e. The van der Waals surface area contributed by atoms with E-state index in [1.807, 2.05) is 11.6 Å². The molecule has 27 heavy (non-hydrogen) atoms. The Bertz CT molecular complexity index is 823. The molecule has 0 unspecified atom stereocenters. The number of fused-ring (bicyclic) bond motifs is 1. The van der Waals surface area contributed by atoms with Crippen LogP contribution in [0.4, 0.5) is 0 Å². The first kappa shape index (κ1) is 18.0. The van der Waals surface area contributed by atoms with E-state index in [-0.39, 0.29) is 11.9 Å². The Morgan fingerprint density at radius 1 is 1.26 bits per heavy atom. The molecule has 0 aromatic carbocycles. The van der Waals surface area contributed by atoms with Crippen LogP contribution in [0.1, 0.15) is 71.4 Å². The molecule has 1 amide bonds. The topological polar surface area (TPSA) is 112 Å². The SMILES string of the molecule is Cc1nc(CCNC(=O)c2cn(C3CCC(N)CC3)nn2)nc2c1CCC2. The van der Waals surface area contributed by atoms with E-state index in [1.54, 1.807) is 6.20 Å². The van der Waals surface area contributed by atoms with E-state index in [4.69, 9.17) is 5.73 Å². The van der Waals surface area contributed by atoms with E-state index in [2.05, 4.69) is 25.6 Å². The third-order valence-corrected chi connectivity index (χ3v) is 5.68. The van der Waals surface area contributed by atoms with E-state index in [9.17, 15) is 4.79 Å². The van der Waals surface area contributed by atoms with Crippen LogP contribution in [0.5, 0.6) is 0 Å². The van der Waals surface area contributed by atoms with Gasteiger partial charge in [-0.1, -0.05) is 5.21 Å². The lowest BCUT2D eigenvalue weighted by Crippen LogP contribution is -2.28. The van der Waals surface area contributed by atoms with Gasteiger partial charge in [0.1, 0.15) is 5.82 Å². The molecule has 2 aromatic heterocycles. The monoisotopic (exact) mass is 369 g/mol. The smallest absolute Gasteiger partial charge is 0.273 e. The molecule has 2 aliphatic rings. The zero-order valence-corrected chi connectivity index (χ0v) is 15.8. The highest BCUT2D eigenvalue weighted by atomic mass is 16.2. The Morgan fingerprint density at radius 3 is 2.89 bits per heavy atom. The molecule has 0 bridgehead atoms. The number of nitrogens with zero attached hydrogens (tertiary/aromatic N) is 5. The molecule has 4 rings (SSSR count). The summed E-state index contributed by atoms with van der Waals surface area (Å²) < 4.78 is 1.81. The lowest BCUT2D eigenvalue weighted by atomic mass is 9.92. The third kappa shape index (κ3) is 4.00. The molecule has 0 atom stereocenters. The van der Waals surface area contributed by atoms with Gasteiger partial charge >= 0.3 is 0 Å². The minimum atomic E-state index is -0.202. The van der Waals surface area contributed by atoms with Gasteiger partial charge in [-0.2, -0.15) is 0 Å². The highest BCUT2D eigenvalue weighted by molar-refractivity contribution is 5.91. The number of amides is 1. The molecule has 2 aromatic rings. The standard InChI is InChI=1S/C19H27N7O/c1-12-15-3-2-4-16(15)23-18(22-12)9-10-21-19(27)17-11-26(25-24-17)14-7-5-13(20)6-8-14/h11,13-14H,2-10,20H2,1H3,(H,21,27). The molecular formula is C19H27N7O. The van der Waals surface area contributed by atoms with E-state index >= 15 is 0 Å². The van der Waals surface area contributed by atoms with Crippen molar-refractivity contribution in [1.29, 1.82) is 0 Å². The summed E-state index contributed by atoms with van der Waals surface area (Å²) in [5.74, 6) is 0.599. The van der Waals surface area contributed by atoms with Gasteiger partial charge in [-0.3, -0.25) is 4.79 Å². The molecule has 0 radical (unpaired) electrons. The summed E-state index contributed by atoms with van der Waals surface area (Å²) in [6, 6.07) is 0.583. The summed E-state index contributed by atoms with van der Waals surface area (Å²) in [6.45, 7) is 2.53. The lowest BCUT2D eigenvalue weighted by molar-refractivity contribution is 0.0949. The van der Waals surface area contributed by atoms with Gasteiger partial charge in [0.2, 0.25) is 0 Å². The molecule has 1 fully saturated rings. The molecule has 3 N–H and O–H groups in total. The van der Waals surface area contributed by atoms with Crippen LogP contribution in [0.25, 0.3) is 0 Å². The van der Waals surface area contributed by atoms with Crippen LogP contribution >= 0.6 is 0 Å². The van der Waals surface area contributed by atoms with Crippen molar-refractivity contribution in [3.8, 4) is 0 Å². The summed E-state index contributed by atoms with van der Waals surface area (Å²) in [5.41, 5.74) is 9.87. The van der Waals surface area contributed by atoms with Gasteiger partial charge in [0.25, 0.3) is 5.91 Å². The third-order valence-electron chi connectivity index (χ3n) is 5.68. The van der Waals surface area contributed by atoms with E-state index in [0.717, 1.165) is 56.5 Å². The normalized spacial score (nSPS) is 21.9. The summed E-state index contributed by atoms with van der Waals surface area (Å²) in [4.78, 5) is 21.6. The molecule has 8 heteroatoms. The van der Waals surface area contributed by atoms with Crippen molar-refractivity contribution in [2.45, 2.75) is 70.4 Å². The van der Waals surface area contributed by atoms with Crippen LogP contribution in [0.2, 0.25) is 0 Å². The van der Waals surface area contributed by atoms with Gasteiger partial charge in [0.15, 0.2) is 5.69 Å². The predicted molar refractivity (Wildman–Crippen MR) is 100 cm³/mol. The molecule has 8 nitrogen and oxygen atoms in total. The molecule has 0 aliphatic heterocycles. The molecule has 0 spiro atoms. The largest absolute Gasteiger partial charge is 0.350 e. The number of carbonyl (C=O) groups excluding carboxylic acids is 1. The average Bonchev–Trinajstić information content (AvgIpc) is 3.32. The second kappa shape index (κ2) is 7.72. The van der Waals surface area contributed by atoms with Crippen molar-refractivity contribution in [3.05, 3.63) is 34.7 Å². The summed E-state index contributed by atoms with van der Waals surface area (Å²) in [6.07, 6.45) is 9.60. The van der Waals surface area contributed by atoms with Gasteiger partial charge < -0.3 is 11.1 Å². The highest BCUT2D eigenvalue weighted by Gasteiger charge is 2.22. The van der Waals surface area contributed by atoms with Gasteiger partial charge in [0.05, 0.1) is 12.2 Å². The summed E-state index contributed by atoms with van der Waals surface area (Å²) in [7, 11) is 0. The Labute approximate surface area is 159 Å². The van der Waals surface area contributed by atoms with Crippen molar-refractivity contribution < 1.29 is 4.79 Å². The second-order valence-corrected chi connectivity index (χ2v) is 7.66. The van der Waals surface area contributed by atoms with Crippen LogP contribution < -0.4 is 11.1 Å². The first-order valence-corrected chi connectivity index (χ1v) is 9.91. The molecule has 2 heterocycles. The number of nitrogens with one attached hydrogen (secondary N) is 1. The van der Waals surface area contributed by atoms with Crippen LogP contribution in [0.3, 0.4) is 0 Å². The maximum Gasteiger partial charge on any atom is 0.273 e. The summed E-state index contributed by atoms with van der Waals surface area (Å²) in [5, 5.41) is 11.1. The van der Waals surface area contributed by atoms with Crippen LogP contribution in [-0.4, -0.2) is 43.5 Å². The zero-order valence-electron chi connectivity index (χ0n) is 15.8. The van der Waals surface area contributed by atoms with Crippen molar-refractivity contribution in [2.75, 3.05) is 6.54 Å². The van der Waals surface area contributed by atoms with E-state index in [0.29, 0.717) is 24.7 Å². The van der Waals surface area contributed by atoms with Gasteiger partial charge in [0, 0.05) is 30.4 Å². The molecule has 1 saturated carbocycles. The Kier molecular flexibility index (Phi) is 5.15. The van der Waals surface area contributed by atoms with Gasteiger partial charge in [-0.05, 0) is 57.4 Å². The first-order valence-electron chi connectivity index (χ1n) is 9.91. The number of aryl methyl sites for hydroxylation is 2. The predicted octanol–water partition coefficient (Wildman–Crippen LogP) is 1.28. The zero-order chi connectivity index (χ0) is 18.8. The Hall–Kier alpha value is -2.35. The van der Waals surface area contributed by atoms with Crippen LogP contribution in [0, 0.1) is 6.92 Å². The minimum absolute atomic E-state index is 0.202. The maximum atomic E-state index is 12.3. The van der Waals surface area contributed by atoms with Crippen molar-refractivity contribution in [3.63, 3.8) is 0 Å². The molecular weight excluding hydrogens is 342 g/mol. The number of aromatic nitrogens is 5. The Morgan fingerprint density at radius 2 is 2.07 bits per heavy atom. The van der Waals surface area contributed by atoms with E-state index in [1.165, 1.54) is 11.3 Å². The lowest BCUT2D eigenvalue weighted by Gasteiger charge is -2.25. The van der Waals surface area contributed by atoms with Crippen molar-refractivity contribution >= 4 is 5.91 Å². The molecule has 144 valence electrons. The van der Waals surface area contributed by atoms with Crippen LogP contribution in [-0.2, 0) is 19.3 Å². The van der Waals surface area contributed by atoms with Gasteiger partial charge in [-0.15, -0.1) is 5.10 Å². The van der Waals surface area contributed by atoms with Crippen LogP contribution in [0.15, 0.2) is 6.20 Å². The number of nitrogens with two attached hydrogens (primary N) is 1. The fourth-order valence-corrected chi connectivity index (χ4v) is 4.10. The van der Waals surface area contributed by atoms with Crippen molar-refractivity contribution in [1.82, 2.24) is 30.3 Å². The fraction of sp³-hybridized carbons (Fsp3) is 0.632. The van der Waals surface area contributed by atoms with E-state index < -0.39 is 0 Å². The second-order valence-electron chi connectivity index (χ2n) is 7.66. The van der Waals surface area contributed by atoms with Gasteiger partial charge in [-0.25, -0.2) is 14.6 Å². The first-order chi connectivity index (χ1) is 13.1. The summed E-state index contributed by atoms with van der Waals surface area (Å²) >= 11 is 0. The quantitative estimate of drug-likeness (QED) is 0.821. The molecule has 0 saturated heterocycles. The van der Waals surface area contributed by atoms with Crippen molar-refractivity contribution in [2.24, 2.45) is 5.73 Å². The number of hydrogen-bond acceptors (Lipinski definition) is 6. The molecule has 2 aliphatic carbocycles. The maximum absolute atomic E-state index is 12.3. The average molecular weight is 369 g/mol. The fourth-order valence-electron chi connectivity index (χ4n) is 4.10. The Balaban J connectivity index is 1.30. The number of rotatable bonds is 5. The number of carbonyl (C=O) groups is 1.